The summed E-state index contributed by atoms with van der Waals surface area (Å²) in [6, 6.07) is 0.436. The average molecular weight is 245 g/mol. The van der Waals surface area contributed by atoms with Crippen molar-refractivity contribution in [2.24, 2.45) is 0 Å². The van der Waals surface area contributed by atoms with Gasteiger partial charge in [0.1, 0.15) is 0 Å². The Bertz CT molecular complexity index is 174. The van der Waals surface area contributed by atoms with Crippen LogP contribution >= 0.6 is 0 Å². The molecule has 17 heavy (non-hydrogen) atoms. The Hall–Kier alpha value is -0.160. The Morgan fingerprint density at radius 2 is 1.76 bits per heavy atom. The van der Waals surface area contributed by atoms with Gasteiger partial charge in [-0.1, -0.05) is 20.8 Å². The summed E-state index contributed by atoms with van der Waals surface area (Å²) >= 11 is 0. The van der Waals surface area contributed by atoms with Crippen molar-refractivity contribution in [3.05, 3.63) is 0 Å². The summed E-state index contributed by atoms with van der Waals surface area (Å²) < 4.78 is 0. The molecule has 0 fully saturated rings. The fourth-order valence-corrected chi connectivity index (χ4v) is 1.69. The first kappa shape index (κ1) is 16.8. The van der Waals surface area contributed by atoms with Gasteiger partial charge in [-0.15, -0.1) is 0 Å². The van der Waals surface area contributed by atoms with Gasteiger partial charge in [-0.3, -0.25) is 4.90 Å². The molecule has 0 saturated heterocycles. The molecule has 0 heterocycles. The first-order chi connectivity index (χ1) is 7.95. The Morgan fingerprint density at radius 1 is 1.12 bits per heavy atom. The molecule has 0 aliphatic rings. The van der Waals surface area contributed by atoms with Crippen molar-refractivity contribution in [3.8, 4) is 0 Å². The predicted molar refractivity (Wildman–Crippen MR) is 74.4 cm³/mol. The monoisotopic (exact) mass is 245 g/mol. The zero-order valence-corrected chi connectivity index (χ0v) is 12.2. The van der Waals surface area contributed by atoms with E-state index < -0.39 is 0 Å². The molecule has 0 radical (unpaired) electrons. The topological polar surface area (TPSA) is 38.7 Å². The molecule has 0 aromatic heterocycles. The van der Waals surface area contributed by atoms with Gasteiger partial charge < -0.3 is 15.3 Å². The van der Waals surface area contributed by atoms with Crippen molar-refractivity contribution in [1.82, 2.24) is 15.1 Å². The Kier molecular flexibility index (Phi) is 9.74. The second-order valence-electron chi connectivity index (χ2n) is 5.32. The number of hydrogen-bond acceptors (Lipinski definition) is 4. The van der Waals surface area contributed by atoms with E-state index in [-0.39, 0.29) is 6.10 Å². The number of nitrogens with one attached hydrogen (secondary N) is 1. The van der Waals surface area contributed by atoms with E-state index in [0.29, 0.717) is 12.6 Å². The van der Waals surface area contributed by atoms with E-state index in [0.717, 1.165) is 32.6 Å². The van der Waals surface area contributed by atoms with Crippen LogP contribution in [0.15, 0.2) is 0 Å². The van der Waals surface area contributed by atoms with E-state index in [1.807, 2.05) is 0 Å². The van der Waals surface area contributed by atoms with Crippen molar-refractivity contribution in [2.45, 2.75) is 39.3 Å². The Morgan fingerprint density at radius 3 is 2.24 bits per heavy atom. The number of nitrogens with zero attached hydrogens (tertiary/aromatic N) is 2. The summed E-state index contributed by atoms with van der Waals surface area (Å²) in [5, 5.41) is 13.2. The molecule has 104 valence electrons. The van der Waals surface area contributed by atoms with Gasteiger partial charge in [-0.2, -0.15) is 0 Å². The highest BCUT2D eigenvalue weighted by atomic mass is 16.3. The first-order valence-corrected chi connectivity index (χ1v) is 6.74. The molecule has 4 nitrogen and oxygen atoms in total. The lowest BCUT2D eigenvalue weighted by Gasteiger charge is -2.26. The largest absolute Gasteiger partial charge is 0.390 e. The van der Waals surface area contributed by atoms with Gasteiger partial charge in [0.2, 0.25) is 0 Å². The molecule has 4 heteroatoms. The number of hydrogen-bond donors (Lipinski definition) is 2. The molecule has 0 spiro atoms. The maximum absolute atomic E-state index is 9.94. The molecule has 0 aliphatic carbocycles. The number of rotatable bonds is 10. The van der Waals surface area contributed by atoms with Crippen molar-refractivity contribution < 1.29 is 5.11 Å². The Balaban J connectivity index is 3.87. The molecular weight excluding hydrogens is 214 g/mol. The molecule has 0 bridgehead atoms. The quantitative estimate of drug-likeness (QED) is 0.592. The first-order valence-electron chi connectivity index (χ1n) is 6.74. The van der Waals surface area contributed by atoms with Crippen molar-refractivity contribution in [3.63, 3.8) is 0 Å². The van der Waals surface area contributed by atoms with Crippen LogP contribution < -0.4 is 5.32 Å². The van der Waals surface area contributed by atoms with Crippen molar-refractivity contribution in [1.29, 1.82) is 0 Å². The fourth-order valence-electron chi connectivity index (χ4n) is 1.69. The third-order valence-corrected chi connectivity index (χ3v) is 2.63. The molecule has 1 unspecified atom stereocenters. The van der Waals surface area contributed by atoms with Crippen LogP contribution in [-0.2, 0) is 0 Å². The van der Waals surface area contributed by atoms with Crippen LogP contribution in [0, 0.1) is 0 Å². The summed E-state index contributed by atoms with van der Waals surface area (Å²) in [7, 11) is 4.17. The smallest absolute Gasteiger partial charge is 0.0791 e. The molecule has 1 atom stereocenters. The van der Waals surface area contributed by atoms with Gasteiger partial charge >= 0.3 is 0 Å². The zero-order chi connectivity index (χ0) is 13.3. The highest BCUT2D eigenvalue weighted by molar-refractivity contribution is 4.68. The fraction of sp³-hybridized carbons (Fsp3) is 1.00. The molecule has 0 amide bonds. The van der Waals surface area contributed by atoms with E-state index in [1.165, 1.54) is 0 Å². The van der Waals surface area contributed by atoms with Crippen LogP contribution in [-0.4, -0.2) is 73.9 Å². The molecule has 0 rings (SSSR count). The lowest BCUT2D eigenvalue weighted by molar-refractivity contribution is 0.105. The van der Waals surface area contributed by atoms with E-state index in [4.69, 9.17) is 0 Å². The van der Waals surface area contributed by atoms with Crippen LogP contribution in [0.3, 0.4) is 0 Å². The number of likely N-dealkylation sites (N-methyl/N-ethyl adjacent to an activating group) is 1. The molecular formula is C13H31N3O. The van der Waals surface area contributed by atoms with Crippen LogP contribution in [0.4, 0.5) is 0 Å². The van der Waals surface area contributed by atoms with Crippen LogP contribution in [0.5, 0.6) is 0 Å². The predicted octanol–water partition coefficient (Wildman–Crippen LogP) is 0.619. The minimum absolute atomic E-state index is 0.272. The average Bonchev–Trinajstić information content (AvgIpc) is 2.23. The van der Waals surface area contributed by atoms with Gasteiger partial charge in [0.15, 0.2) is 0 Å². The maximum Gasteiger partial charge on any atom is 0.0791 e. The summed E-state index contributed by atoms with van der Waals surface area (Å²) in [5.41, 5.74) is 0. The van der Waals surface area contributed by atoms with Crippen LogP contribution in [0.25, 0.3) is 0 Å². The zero-order valence-electron chi connectivity index (χ0n) is 12.2. The van der Waals surface area contributed by atoms with Gasteiger partial charge in [0.05, 0.1) is 6.10 Å². The normalized spacial score (nSPS) is 13.9. The SMILES string of the molecule is CCCN(CCN(C)C)CC(O)CNC(C)C. The van der Waals surface area contributed by atoms with E-state index in [2.05, 4.69) is 50.0 Å². The standard InChI is InChI=1S/C13H31N3O/c1-6-7-16(9-8-15(4)5)11-13(17)10-14-12(2)3/h12-14,17H,6-11H2,1-5H3. The lowest BCUT2D eigenvalue weighted by Crippen LogP contribution is -2.42. The van der Waals surface area contributed by atoms with E-state index >= 15 is 0 Å². The molecule has 2 N–H and O–H groups in total. The van der Waals surface area contributed by atoms with Gasteiger partial charge in [-0.05, 0) is 27.1 Å². The van der Waals surface area contributed by atoms with Crippen molar-refractivity contribution >= 4 is 0 Å². The number of aliphatic hydroxyl groups is 1. The molecule has 0 aromatic rings. The minimum atomic E-state index is -0.272. The summed E-state index contributed by atoms with van der Waals surface area (Å²) in [6.45, 7) is 11.0. The molecule has 0 aromatic carbocycles. The maximum atomic E-state index is 9.94. The highest BCUT2D eigenvalue weighted by Crippen LogP contribution is 1.96. The second kappa shape index (κ2) is 9.83. The Labute approximate surface area is 107 Å². The van der Waals surface area contributed by atoms with Gasteiger partial charge in [0.25, 0.3) is 0 Å². The molecule has 0 saturated carbocycles. The summed E-state index contributed by atoms with van der Waals surface area (Å²) in [4.78, 5) is 4.52. The van der Waals surface area contributed by atoms with Gasteiger partial charge in [0, 0.05) is 32.2 Å². The third-order valence-electron chi connectivity index (χ3n) is 2.63. The van der Waals surface area contributed by atoms with E-state index in [1.54, 1.807) is 0 Å². The molecule has 0 aliphatic heterocycles. The van der Waals surface area contributed by atoms with Crippen LogP contribution in [0.1, 0.15) is 27.2 Å². The third kappa shape index (κ3) is 10.7. The van der Waals surface area contributed by atoms with Crippen molar-refractivity contribution in [2.75, 3.05) is 46.8 Å². The van der Waals surface area contributed by atoms with Gasteiger partial charge in [-0.25, -0.2) is 0 Å². The summed E-state index contributed by atoms with van der Waals surface area (Å²) in [6.07, 6.45) is 0.865. The number of aliphatic hydroxyl groups excluding tert-OH is 1. The van der Waals surface area contributed by atoms with Crippen LogP contribution in [0.2, 0.25) is 0 Å². The minimum Gasteiger partial charge on any atom is -0.390 e. The highest BCUT2D eigenvalue weighted by Gasteiger charge is 2.11. The second-order valence-corrected chi connectivity index (χ2v) is 5.32. The lowest BCUT2D eigenvalue weighted by atomic mass is 10.2. The summed E-state index contributed by atoms with van der Waals surface area (Å²) in [5.74, 6) is 0. The van der Waals surface area contributed by atoms with E-state index in [9.17, 15) is 5.11 Å².